The van der Waals surface area contributed by atoms with E-state index in [0.29, 0.717) is 6.54 Å². The van der Waals surface area contributed by atoms with Crippen molar-refractivity contribution in [3.05, 3.63) is 30.1 Å². The SMILES string of the molecule is CC(C)(C)C(=O)CC(N)C(=O)NCc1ccncc1. The Bertz CT molecular complexity index is 438. The molecule has 0 spiro atoms. The molecule has 0 bridgehead atoms. The van der Waals surface area contributed by atoms with Gasteiger partial charge in [0.05, 0.1) is 6.04 Å². The molecule has 1 amide bonds. The van der Waals surface area contributed by atoms with Crippen LogP contribution >= 0.6 is 0 Å². The number of nitrogens with zero attached hydrogens (tertiary/aromatic N) is 1. The number of hydrogen-bond acceptors (Lipinski definition) is 4. The van der Waals surface area contributed by atoms with Crippen LogP contribution in [-0.4, -0.2) is 22.7 Å². The monoisotopic (exact) mass is 263 g/mol. The van der Waals surface area contributed by atoms with E-state index in [0.717, 1.165) is 5.56 Å². The molecule has 0 aliphatic rings. The molecule has 5 heteroatoms. The maximum Gasteiger partial charge on any atom is 0.237 e. The molecule has 1 rings (SSSR count). The maximum absolute atomic E-state index is 11.8. The van der Waals surface area contributed by atoms with Gasteiger partial charge in [-0.15, -0.1) is 0 Å². The molecule has 0 radical (unpaired) electrons. The summed E-state index contributed by atoms with van der Waals surface area (Å²) in [5.74, 6) is -0.325. The van der Waals surface area contributed by atoms with E-state index < -0.39 is 11.5 Å². The van der Waals surface area contributed by atoms with E-state index in [1.54, 1.807) is 12.4 Å². The van der Waals surface area contributed by atoms with E-state index in [1.807, 2.05) is 32.9 Å². The Labute approximate surface area is 113 Å². The summed E-state index contributed by atoms with van der Waals surface area (Å²) in [6.07, 6.45) is 3.38. The van der Waals surface area contributed by atoms with Crippen molar-refractivity contribution in [2.24, 2.45) is 11.1 Å². The second-order valence-electron chi connectivity index (χ2n) is 5.56. The Morgan fingerprint density at radius 3 is 2.42 bits per heavy atom. The summed E-state index contributed by atoms with van der Waals surface area (Å²) in [7, 11) is 0. The molecule has 1 heterocycles. The lowest BCUT2D eigenvalue weighted by Gasteiger charge is -2.19. The van der Waals surface area contributed by atoms with Crippen molar-refractivity contribution in [1.82, 2.24) is 10.3 Å². The third-order valence-electron chi connectivity index (χ3n) is 2.79. The predicted molar refractivity (Wildman–Crippen MR) is 73.1 cm³/mol. The fourth-order valence-electron chi connectivity index (χ4n) is 1.42. The van der Waals surface area contributed by atoms with Crippen molar-refractivity contribution in [3.8, 4) is 0 Å². The van der Waals surface area contributed by atoms with E-state index in [9.17, 15) is 9.59 Å². The number of hydrogen-bond donors (Lipinski definition) is 2. The summed E-state index contributed by atoms with van der Waals surface area (Å²) < 4.78 is 0. The molecule has 0 aliphatic heterocycles. The second-order valence-corrected chi connectivity index (χ2v) is 5.56. The fraction of sp³-hybridized carbons (Fsp3) is 0.500. The minimum Gasteiger partial charge on any atom is -0.351 e. The van der Waals surface area contributed by atoms with Gasteiger partial charge in [-0.3, -0.25) is 14.6 Å². The normalized spacial score (nSPS) is 12.8. The molecule has 104 valence electrons. The summed E-state index contributed by atoms with van der Waals surface area (Å²) >= 11 is 0. The molecule has 0 saturated carbocycles. The lowest BCUT2D eigenvalue weighted by Crippen LogP contribution is -2.43. The first kappa shape index (κ1) is 15.3. The van der Waals surface area contributed by atoms with E-state index in [-0.39, 0.29) is 18.1 Å². The van der Waals surface area contributed by atoms with Gasteiger partial charge >= 0.3 is 0 Å². The number of pyridine rings is 1. The zero-order chi connectivity index (χ0) is 14.5. The van der Waals surface area contributed by atoms with Crippen LogP contribution in [0.25, 0.3) is 0 Å². The van der Waals surface area contributed by atoms with Gasteiger partial charge in [0.15, 0.2) is 0 Å². The number of ketones is 1. The second kappa shape index (κ2) is 6.43. The molecule has 0 fully saturated rings. The molecule has 1 aromatic heterocycles. The van der Waals surface area contributed by atoms with Gasteiger partial charge < -0.3 is 11.1 Å². The number of carbonyl (C=O) groups excluding carboxylic acids is 2. The van der Waals surface area contributed by atoms with E-state index in [1.165, 1.54) is 0 Å². The largest absolute Gasteiger partial charge is 0.351 e. The van der Waals surface area contributed by atoms with Gasteiger partial charge in [-0.2, -0.15) is 0 Å². The van der Waals surface area contributed by atoms with Gasteiger partial charge in [-0.1, -0.05) is 20.8 Å². The number of nitrogens with one attached hydrogen (secondary N) is 1. The highest BCUT2D eigenvalue weighted by molar-refractivity contribution is 5.91. The van der Waals surface area contributed by atoms with Gasteiger partial charge in [0.25, 0.3) is 0 Å². The number of aromatic nitrogens is 1. The molecule has 3 N–H and O–H groups in total. The summed E-state index contributed by atoms with van der Waals surface area (Å²) in [5.41, 5.74) is 6.21. The first-order valence-corrected chi connectivity index (χ1v) is 6.26. The quantitative estimate of drug-likeness (QED) is 0.831. The van der Waals surface area contributed by atoms with Crippen LogP contribution in [0.15, 0.2) is 24.5 Å². The first-order valence-electron chi connectivity index (χ1n) is 6.26. The van der Waals surface area contributed by atoms with Crippen molar-refractivity contribution in [1.29, 1.82) is 0 Å². The fourth-order valence-corrected chi connectivity index (χ4v) is 1.42. The van der Waals surface area contributed by atoms with Crippen molar-refractivity contribution in [3.63, 3.8) is 0 Å². The Hall–Kier alpha value is -1.75. The Kier molecular flexibility index (Phi) is 5.18. The standard InChI is InChI=1S/C14H21N3O2/c1-14(2,3)12(18)8-11(15)13(19)17-9-10-4-6-16-7-5-10/h4-7,11H,8-9,15H2,1-3H3,(H,17,19). The van der Waals surface area contributed by atoms with Crippen LogP contribution in [0, 0.1) is 5.41 Å². The maximum atomic E-state index is 11.8. The highest BCUT2D eigenvalue weighted by Crippen LogP contribution is 2.17. The molecular weight excluding hydrogens is 242 g/mol. The molecule has 1 aromatic rings. The van der Waals surface area contributed by atoms with Crippen LogP contribution in [0.1, 0.15) is 32.8 Å². The number of carbonyl (C=O) groups is 2. The Morgan fingerprint density at radius 2 is 1.89 bits per heavy atom. The van der Waals surface area contributed by atoms with Crippen LogP contribution in [0.5, 0.6) is 0 Å². The average molecular weight is 263 g/mol. The number of rotatable bonds is 5. The molecule has 0 saturated heterocycles. The molecule has 0 aliphatic carbocycles. The lowest BCUT2D eigenvalue weighted by molar-refractivity contribution is -0.130. The van der Waals surface area contributed by atoms with Gasteiger partial charge in [-0.25, -0.2) is 0 Å². The smallest absolute Gasteiger partial charge is 0.237 e. The van der Waals surface area contributed by atoms with Crippen LogP contribution in [0.2, 0.25) is 0 Å². The van der Waals surface area contributed by atoms with E-state index in [4.69, 9.17) is 5.73 Å². The molecule has 19 heavy (non-hydrogen) atoms. The number of amides is 1. The van der Waals surface area contributed by atoms with E-state index in [2.05, 4.69) is 10.3 Å². The summed E-state index contributed by atoms with van der Waals surface area (Å²) in [6.45, 7) is 5.84. The lowest BCUT2D eigenvalue weighted by atomic mass is 9.87. The van der Waals surface area contributed by atoms with Crippen molar-refractivity contribution >= 4 is 11.7 Å². The van der Waals surface area contributed by atoms with Gasteiger partial charge in [0.2, 0.25) is 5.91 Å². The molecule has 0 aromatic carbocycles. The Morgan fingerprint density at radius 1 is 1.32 bits per heavy atom. The number of Topliss-reactive ketones (excluding diaryl/α,β-unsaturated/α-hetero) is 1. The zero-order valence-corrected chi connectivity index (χ0v) is 11.6. The van der Waals surface area contributed by atoms with Gasteiger partial charge in [0.1, 0.15) is 5.78 Å². The topological polar surface area (TPSA) is 85.1 Å². The minimum absolute atomic E-state index is 0.0148. The van der Waals surface area contributed by atoms with Crippen molar-refractivity contribution in [2.75, 3.05) is 0 Å². The third kappa shape index (κ3) is 5.18. The molecule has 1 atom stereocenters. The molecule has 5 nitrogen and oxygen atoms in total. The van der Waals surface area contributed by atoms with Crippen LogP contribution in [0.3, 0.4) is 0 Å². The highest BCUT2D eigenvalue weighted by Gasteiger charge is 2.25. The van der Waals surface area contributed by atoms with Gasteiger partial charge in [-0.05, 0) is 17.7 Å². The Balaban J connectivity index is 2.43. The first-order chi connectivity index (χ1) is 8.80. The number of nitrogens with two attached hydrogens (primary N) is 1. The van der Waals surface area contributed by atoms with Crippen LogP contribution in [0.4, 0.5) is 0 Å². The minimum atomic E-state index is -0.798. The summed E-state index contributed by atoms with van der Waals surface area (Å²) in [6, 6.07) is 2.83. The zero-order valence-electron chi connectivity index (χ0n) is 11.6. The van der Waals surface area contributed by atoms with Gasteiger partial charge in [0, 0.05) is 30.8 Å². The highest BCUT2D eigenvalue weighted by atomic mass is 16.2. The molecular formula is C14H21N3O2. The van der Waals surface area contributed by atoms with Crippen LogP contribution in [-0.2, 0) is 16.1 Å². The van der Waals surface area contributed by atoms with Crippen molar-refractivity contribution < 1.29 is 9.59 Å². The summed E-state index contributed by atoms with van der Waals surface area (Å²) in [4.78, 5) is 27.5. The summed E-state index contributed by atoms with van der Waals surface area (Å²) in [5, 5.41) is 2.71. The van der Waals surface area contributed by atoms with Crippen molar-refractivity contribution in [2.45, 2.75) is 39.8 Å². The predicted octanol–water partition coefficient (Wildman–Crippen LogP) is 1.03. The molecule has 1 unspecified atom stereocenters. The van der Waals surface area contributed by atoms with E-state index >= 15 is 0 Å². The van der Waals surface area contributed by atoms with Crippen LogP contribution < -0.4 is 11.1 Å². The third-order valence-corrected chi connectivity index (χ3v) is 2.79. The average Bonchev–Trinajstić information content (AvgIpc) is 2.35.